The summed E-state index contributed by atoms with van der Waals surface area (Å²) in [5.74, 6) is 6.18. The smallest absolute Gasteiger partial charge is 0.227 e. The van der Waals surface area contributed by atoms with Crippen LogP contribution in [0.15, 0.2) is 65.7 Å². The van der Waals surface area contributed by atoms with E-state index in [1.54, 1.807) is 22.8 Å². The van der Waals surface area contributed by atoms with E-state index in [9.17, 15) is 21.6 Å². The van der Waals surface area contributed by atoms with E-state index in [4.69, 9.17) is 5.14 Å². The molecule has 1 fully saturated rings. The minimum atomic E-state index is -4.41. The van der Waals surface area contributed by atoms with Crippen molar-refractivity contribution in [3.63, 3.8) is 0 Å². The SMILES string of the molecule is NS(=O)(=O)c1cccc(C#Cc2cnn3c(C4CC4)cc(-c4ccc(C(F)(F)F)cc4)nc23)c1. The Morgan fingerprint density at radius 3 is 2.41 bits per heavy atom. The van der Waals surface area contributed by atoms with Gasteiger partial charge < -0.3 is 0 Å². The Balaban J connectivity index is 1.58. The van der Waals surface area contributed by atoms with Crippen molar-refractivity contribution in [1.82, 2.24) is 14.6 Å². The van der Waals surface area contributed by atoms with Crippen LogP contribution in [0.25, 0.3) is 16.9 Å². The highest BCUT2D eigenvalue weighted by atomic mass is 32.2. The minimum absolute atomic E-state index is 0.0436. The van der Waals surface area contributed by atoms with Crippen molar-refractivity contribution in [2.75, 3.05) is 0 Å². The Kier molecular flexibility index (Phi) is 5.19. The Labute approximate surface area is 193 Å². The van der Waals surface area contributed by atoms with Crippen molar-refractivity contribution in [1.29, 1.82) is 0 Å². The van der Waals surface area contributed by atoms with Gasteiger partial charge in [0, 0.05) is 22.7 Å². The molecule has 34 heavy (non-hydrogen) atoms. The number of fused-ring (bicyclic) bond motifs is 1. The van der Waals surface area contributed by atoms with Gasteiger partial charge in [-0.2, -0.15) is 18.3 Å². The highest BCUT2D eigenvalue weighted by Crippen LogP contribution is 2.41. The molecule has 0 radical (unpaired) electrons. The van der Waals surface area contributed by atoms with Crippen LogP contribution in [0.3, 0.4) is 0 Å². The molecule has 4 aromatic rings. The zero-order chi connectivity index (χ0) is 24.1. The summed E-state index contributed by atoms with van der Waals surface area (Å²) in [5.41, 5.74) is 2.72. The fourth-order valence-corrected chi connectivity index (χ4v) is 4.17. The second-order valence-electron chi connectivity index (χ2n) is 8.03. The molecule has 0 amide bonds. The van der Waals surface area contributed by atoms with E-state index in [1.807, 2.05) is 6.07 Å². The van der Waals surface area contributed by atoms with Crippen LogP contribution in [0, 0.1) is 11.8 Å². The zero-order valence-electron chi connectivity index (χ0n) is 17.5. The van der Waals surface area contributed by atoms with Crippen molar-refractivity contribution in [2.24, 2.45) is 5.14 Å². The maximum absolute atomic E-state index is 13.0. The second-order valence-corrected chi connectivity index (χ2v) is 9.59. The number of sulfonamides is 1. The predicted molar refractivity (Wildman–Crippen MR) is 119 cm³/mol. The fraction of sp³-hybridized carbons (Fsp3) is 0.167. The van der Waals surface area contributed by atoms with Gasteiger partial charge in [-0.05, 0) is 49.2 Å². The highest BCUT2D eigenvalue weighted by molar-refractivity contribution is 7.89. The lowest BCUT2D eigenvalue weighted by Crippen LogP contribution is -2.11. The molecule has 2 N–H and O–H groups in total. The number of hydrogen-bond acceptors (Lipinski definition) is 4. The van der Waals surface area contributed by atoms with E-state index in [1.165, 1.54) is 24.3 Å². The Morgan fingerprint density at radius 2 is 1.76 bits per heavy atom. The van der Waals surface area contributed by atoms with E-state index in [0.29, 0.717) is 33.9 Å². The van der Waals surface area contributed by atoms with Crippen LogP contribution in [-0.2, 0) is 16.2 Å². The number of rotatable bonds is 3. The molecule has 0 aliphatic heterocycles. The van der Waals surface area contributed by atoms with E-state index < -0.39 is 21.8 Å². The van der Waals surface area contributed by atoms with Crippen LogP contribution in [0.2, 0.25) is 0 Å². The van der Waals surface area contributed by atoms with Gasteiger partial charge >= 0.3 is 6.18 Å². The molecule has 1 saturated carbocycles. The topological polar surface area (TPSA) is 90.4 Å². The standard InChI is InChI=1S/C24H17F3N4O2S/c25-24(26,27)19-10-8-16(9-11-19)21-13-22(17-6-7-17)31-23(30-21)18(14-29-31)5-4-15-2-1-3-20(12-15)34(28,32)33/h1-3,8-14,17H,6-7H2,(H2,28,32,33). The number of alkyl halides is 3. The summed E-state index contributed by atoms with van der Waals surface area (Å²) in [6.07, 6.45) is -0.856. The molecule has 0 spiro atoms. The molecule has 5 rings (SSSR count). The van der Waals surface area contributed by atoms with Crippen LogP contribution in [0.4, 0.5) is 13.2 Å². The molecule has 2 heterocycles. The van der Waals surface area contributed by atoms with Crippen LogP contribution < -0.4 is 5.14 Å². The lowest BCUT2D eigenvalue weighted by molar-refractivity contribution is -0.137. The third-order valence-corrected chi connectivity index (χ3v) is 6.42. The number of benzene rings is 2. The van der Waals surface area contributed by atoms with E-state index in [2.05, 4.69) is 21.9 Å². The van der Waals surface area contributed by atoms with Crippen LogP contribution >= 0.6 is 0 Å². The number of aromatic nitrogens is 3. The summed E-state index contributed by atoms with van der Waals surface area (Å²) in [7, 11) is -3.86. The molecule has 2 aromatic carbocycles. The van der Waals surface area contributed by atoms with E-state index in [0.717, 1.165) is 30.7 Å². The minimum Gasteiger partial charge on any atom is -0.227 e. The molecule has 0 atom stereocenters. The number of halogens is 3. The van der Waals surface area contributed by atoms with E-state index >= 15 is 0 Å². The number of nitrogens with two attached hydrogens (primary N) is 1. The van der Waals surface area contributed by atoms with Crippen molar-refractivity contribution in [3.05, 3.63) is 83.2 Å². The highest BCUT2D eigenvalue weighted by Gasteiger charge is 2.31. The fourth-order valence-electron chi connectivity index (χ4n) is 3.61. The van der Waals surface area contributed by atoms with Gasteiger partial charge in [0.25, 0.3) is 0 Å². The first-order valence-corrected chi connectivity index (χ1v) is 11.9. The molecule has 2 aromatic heterocycles. The van der Waals surface area contributed by atoms with Gasteiger partial charge in [0.2, 0.25) is 10.0 Å². The van der Waals surface area contributed by atoms with Crippen LogP contribution in [-0.4, -0.2) is 23.0 Å². The lowest BCUT2D eigenvalue weighted by atomic mass is 10.1. The first kappa shape index (κ1) is 22.1. The van der Waals surface area contributed by atoms with Crippen molar-refractivity contribution >= 4 is 15.7 Å². The third kappa shape index (κ3) is 4.40. The normalized spacial score (nSPS) is 14.1. The van der Waals surface area contributed by atoms with Crippen LogP contribution in [0.5, 0.6) is 0 Å². The maximum Gasteiger partial charge on any atom is 0.416 e. The molecule has 0 bridgehead atoms. The Morgan fingerprint density at radius 1 is 1.03 bits per heavy atom. The third-order valence-electron chi connectivity index (χ3n) is 5.51. The number of hydrogen-bond donors (Lipinski definition) is 1. The van der Waals surface area contributed by atoms with E-state index in [-0.39, 0.29) is 4.90 Å². The first-order valence-electron chi connectivity index (χ1n) is 10.3. The first-order chi connectivity index (χ1) is 16.1. The lowest BCUT2D eigenvalue weighted by Gasteiger charge is -2.10. The van der Waals surface area contributed by atoms with Gasteiger partial charge in [-0.15, -0.1) is 0 Å². The summed E-state index contributed by atoms with van der Waals surface area (Å²) in [6, 6.07) is 12.7. The summed E-state index contributed by atoms with van der Waals surface area (Å²) in [4.78, 5) is 4.59. The van der Waals surface area contributed by atoms with Gasteiger partial charge in [0.05, 0.1) is 27.9 Å². The number of primary sulfonamides is 1. The molecule has 10 heteroatoms. The Hall–Kier alpha value is -3.68. The summed E-state index contributed by atoms with van der Waals surface area (Å²) in [6.45, 7) is 0. The Bertz CT molecular complexity index is 1580. The van der Waals surface area contributed by atoms with Gasteiger partial charge in [0.15, 0.2) is 5.65 Å². The largest absolute Gasteiger partial charge is 0.416 e. The molecule has 0 saturated heterocycles. The molecular formula is C24H17F3N4O2S. The molecule has 172 valence electrons. The van der Waals surface area contributed by atoms with Gasteiger partial charge in [0.1, 0.15) is 0 Å². The summed E-state index contributed by atoms with van der Waals surface area (Å²) >= 11 is 0. The summed E-state index contributed by atoms with van der Waals surface area (Å²) < 4.78 is 63.7. The van der Waals surface area contributed by atoms with Gasteiger partial charge in [-0.25, -0.2) is 23.1 Å². The molecule has 6 nitrogen and oxygen atoms in total. The quantitative estimate of drug-likeness (QED) is 0.440. The van der Waals surface area contributed by atoms with Crippen molar-refractivity contribution < 1.29 is 21.6 Å². The monoisotopic (exact) mass is 482 g/mol. The number of nitrogens with zero attached hydrogens (tertiary/aromatic N) is 3. The van der Waals surface area contributed by atoms with Crippen LogP contribution in [0.1, 0.15) is 41.1 Å². The zero-order valence-corrected chi connectivity index (χ0v) is 18.4. The molecule has 1 aliphatic carbocycles. The van der Waals surface area contributed by atoms with Gasteiger partial charge in [-0.3, -0.25) is 0 Å². The molecule has 0 unspecified atom stereocenters. The molecule has 1 aliphatic rings. The van der Waals surface area contributed by atoms with Crippen molar-refractivity contribution in [3.8, 4) is 23.1 Å². The molecular weight excluding hydrogens is 465 g/mol. The second kappa shape index (κ2) is 7.97. The maximum atomic E-state index is 13.0. The average Bonchev–Trinajstić information content (AvgIpc) is 3.56. The predicted octanol–water partition coefficient (Wildman–Crippen LogP) is 4.34. The van der Waals surface area contributed by atoms with Crippen molar-refractivity contribution in [2.45, 2.75) is 29.8 Å². The summed E-state index contributed by atoms with van der Waals surface area (Å²) in [5, 5.41) is 9.60. The average molecular weight is 482 g/mol. The van der Waals surface area contributed by atoms with Gasteiger partial charge in [-0.1, -0.05) is 30.0 Å².